The van der Waals surface area contributed by atoms with Crippen LogP contribution in [0.25, 0.3) is 0 Å². The average Bonchev–Trinajstić information content (AvgIpc) is 2.76. The Morgan fingerprint density at radius 1 is 1.30 bits per heavy atom. The van der Waals surface area contributed by atoms with Gasteiger partial charge in [-0.05, 0) is 31.5 Å². The van der Waals surface area contributed by atoms with E-state index in [9.17, 15) is 13.2 Å². The molecule has 108 valence electrons. The molecule has 0 bridgehead atoms. The van der Waals surface area contributed by atoms with E-state index in [0.717, 1.165) is 24.4 Å². The molecular formula is C14H16F3N3. The first-order chi connectivity index (χ1) is 9.40. The molecule has 1 aromatic carbocycles. The highest BCUT2D eigenvalue weighted by molar-refractivity contribution is 5.33. The summed E-state index contributed by atoms with van der Waals surface area (Å²) in [6, 6.07) is 5.30. The summed E-state index contributed by atoms with van der Waals surface area (Å²) in [7, 11) is 0. The molecule has 0 atom stereocenters. The molecule has 0 aliphatic carbocycles. The van der Waals surface area contributed by atoms with Crippen LogP contribution in [0.2, 0.25) is 0 Å². The van der Waals surface area contributed by atoms with Crippen molar-refractivity contribution in [3.05, 3.63) is 47.3 Å². The molecule has 0 amide bonds. The highest BCUT2D eigenvalue weighted by Gasteiger charge is 2.30. The lowest BCUT2D eigenvalue weighted by Gasteiger charge is -2.10. The topological polar surface area (TPSA) is 29.9 Å². The van der Waals surface area contributed by atoms with Crippen LogP contribution in [0, 0.1) is 6.92 Å². The van der Waals surface area contributed by atoms with Crippen LogP contribution in [-0.4, -0.2) is 9.55 Å². The first-order valence-electron chi connectivity index (χ1n) is 6.34. The maximum Gasteiger partial charge on any atom is 0.416 e. The van der Waals surface area contributed by atoms with Gasteiger partial charge in [-0.1, -0.05) is 12.1 Å². The lowest BCUT2D eigenvalue weighted by molar-refractivity contribution is -0.137. The molecule has 2 aromatic rings. The Balaban J connectivity index is 2.11. The molecule has 6 heteroatoms. The van der Waals surface area contributed by atoms with Gasteiger partial charge in [0.2, 0.25) is 5.95 Å². The summed E-state index contributed by atoms with van der Waals surface area (Å²) in [5.74, 6) is 0.669. The van der Waals surface area contributed by atoms with Gasteiger partial charge in [0.1, 0.15) is 0 Å². The van der Waals surface area contributed by atoms with Crippen molar-refractivity contribution in [1.29, 1.82) is 0 Å². The van der Waals surface area contributed by atoms with Gasteiger partial charge in [0.15, 0.2) is 0 Å². The number of aromatic nitrogens is 2. The van der Waals surface area contributed by atoms with E-state index in [1.165, 1.54) is 6.07 Å². The maximum atomic E-state index is 12.6. The van der Waals surface area contributed by atoms with E-state index in [1.54, 1.807) is 6.07 Å². The lowest BCUT2D eigenvalue weighted by atomic mass is 10.1. The highest BCUT2D eigenvalue weighted by Crippen LogP contribution is 2.29. The number of nitrogens with zero attached hydrogens (tertiary/aromatic N) is 2. The molecule has 0 aliphatic heterocycles. The average molecular weight is 283 g/mol. The fraction of sp³-hybridized carbons (Fsp3) is 0.357. The van der Waals surface area contributed by atoms with Gasteiger partial charge in [-0.15, -0.1) is 0 Å². The fourth-order valence-corrected chi connectivity index (χ4v) is 1.97. The van der Waals surface area contributed by atoms with E-state index in [1.807, 2.05) is 24.6 Å². The minimum Gasteiger partial charge on any atom is -0.352 e. The zero-order chi connectivity index (χ0) is 14.8. The third kappa shape index (κ3) is 3.31. The van der Waals surface area contributed by atoms with Crippen molar-refractivity contribution in [3.8, 4) is 0 Å². The van der Waals surface area contributed by atoms with Crippen molar-refractivity contribution in [2.24, 2.45) is 0 Å². The van der Waals surface area contributed by atoms with Crippen LogP contribution in [0.1, 0.15) is 23.7 Å². The third-order valence-corrected chi connectivity index (χ3v) is 2.94. The number of halogens is 3. The minimum atomic E-state index is -4.31. The van der Waals surface area contributed by atoms with E-state index in [-0.39, 0.29) is 0 Å². The number of hydrogen-bond acceptors (Lipinski definition) is 2. The standard InChI is InChI=1S/C14H16F3N3/c1-3-20-9-10(2)19-13(20)18-8-11-5-4-6-12(7-11)14(15,16)17/h4-7,9H,3,8H2,1-2H3,(H,18,19). The molecule has 20 heavy (non-hydrogen) atoms. The summed E-state index contributed by atoms with van der Waals surface area (Å²) < 4.78 is 39.8. The van der Waals surface area contributed by atoms with Gasteiger partial charge in [0, 0.05) is 19.3 Å². The Morgan fingerprint density at radius 2 is 2.05 bits per heavy atom. The van der Waals surface area contributed by atoms with Gasteiger partial charge in [0.05, 0.1) is 11.3 Å². The molecule has 0 radical (unpaired) electrons. The Hall–Kier alpha value is -1.98. The number of aryl methyl sites for hydroxylation is 2. The molecule has 0 fully saturated rings. The van der Waals surface area contributed by atoms with E-state index >= 15 is 0 Å². The number of hydrogen-bond donors (Lipinski definition) is 1. The van der Waals surface area contributed by atoms with Crippen LogP contribution in [-0.2, 0) is 19.3 Å². The molecule has 3 nitrogen and oxygen atoms in total. The second kappa shape index (κ2) is 5.56. The molecule has 0 saturated carbocycles. The molecule has 1 aromatic heterocycles. The Labute approximate surface area is 115 Å². The predicted molar refractivity (Wildman–Crippen MR) is 71.4 cm³/mol. The molecule has 0 spiro atoms. The number of rotatable bonds is 4. The first kappa shape index (κ1) is 14.4. The summed E-state index contributed by atoms with van der Waals surface area (Å²) in [5, 5.41) is 3.06. The molecule has 1 N–H and O–H groups in total. The zero-order valence-electron chi connectivity index (χ0n) is 11.3. The number of alkyl halides is 3. The number of benzene rings is 1. The van der Waals surface area contributed by atoms with Gasteiger partial charge < -0.3 is 9.88 Å². The predicted octanol–water partition coefficient (Wildman–Crippen LogP) is 3.84. The fourth-order valence-electron chi connectivity index (χ4n) is 1.97. The smallest absolute Gasteiger partial charge is 0.352 e. The van der Waals surface area contributed by atoms with Gasteiger partial charge in [-0.2, -0.15) is 13.2 Å². The maximum absolute atomic E-state index is 12.6. The van der Waals surface area contributed by atoms with Crippen LogP contribution >= 0.6 is 0 Å². The summed E-state index contributed by atoms with van der Waals surface area (Å²) in [6.07, 6.45) is -2.41. The van der Waals surface area contributed by atoms with Crippen LogP contribution in [0.15, 0.2) is 30.5 Å². The minimum absolute atomic E-state index is 0.306. The van der Waals surface area contributed by atoms with E-state index in [2.05, 4.69) is 10.3 Å². The number of nitrogens with one attached hydrogen (secondary N) is 1. The second-order valence-electron chi connectivity index (χ2n) is 4.54. The van der Waals surface area contributed by atoms with Gasteiger partial charge in [-0.3, -0.25) is 0 Å². The van der Waals surface area contributed by atoms with Gasteiger partial charge in [-0.25, -0.2) is 4.98 Å². The van der Waals surface area contributed by atoms with E-state index in [4.69, 9.17) is 0 Å². The molecule has 0 aliphatic rings. The lowest BCUT2D eigenvalue weighted by Crippen LogP contribution is -2.09. The van der Waals surface area contributed by atoms with Gasteiger partial charge >= 0.3 is 6.18 Å². The SMILES string of the molecule is CCn1cc(C)nc1NCc1cccc(C(F)(F)F)c1. The van der Waals surface area contributed by atoms with Crippen LogP contribution in [0.4, 0.5) is 19.1 Å². The Bertz CT molecular complexity index is 588. The van der Waals surface area contributed by atoms with Crippen molar-refractivity contribution < 1.29 is 13.2 Å². The summed E-state index contributed by atoms with van der Waals surface area (Å²) in [6.45, 7) is 4.92. The van der Waals surface area contributed by atoms with Crippen molar-refractivity contribution in [3.63, 3.8) is 0 Å². The molecule has 1 heterocycles. The van der Waals surface area contributed by atoms with Gasteiger partial charge in [0.25, 0.3) is 0 Å². The summed E-state index contributed by atoms with van der Waals surface area (Å²) in [5.41, 5.74) is 0.813. The number of imidazole rings is 1. The highest BCUT2D eigenvalue weighted by atomic mass is 19.4. The van der Waals surface area contributed by atoms with Crippen LogP contribution in [0.5, 0.6) is 0 Å². The molecular weight excluding hydrogens is 267 g/mol. The first-order valence-corrected chi connectivity index (χ1v) is 6.34. The summed E-state index contributed by atoms with van der Waals surface area (Å²) in [4.78, 5) is 4.30. The van der Waals surface area contributed by atoms with Crippen LogP contribution in [0.3, 0.4) is 0 Å². The van der Waals surface area contributed by atoms with Crippen molar-refractivity contribution in [2.45, 2.75) is 33.1 Å². The second-order valence-corrected chi connectivity index (χ2v) is 4.54. The third-order valence-electron chi connectivity index (χ3n) is 2.94. The quantitative estimate of drug-likeness (QED) is 0.923. The molecule has 0 unspecified atom stereocenters. The van der Waals surface area contributed by atoms with Crippen molar-refractivity contribution in [1.82, 2.24) is 9.55 Å². The van der Waals surface area contributed by atoms with E-state index in [0.29, 0.717) is 18.1 Å². The number of anilines is 1. The van der Waals surface area contributed by atoms with Crippen molar-refractivity contribution >= 4 is 5.95 Å². The molecule has 2 rings (SSSR count). The van der Waals surface area contributed by atoms with Crippen molar-refractivity contribution in [2.75, 3.05) is 5.32 Å². The largest absolute Gasteiger partial charge is 0.416 e. The summed E-state index contributed by atoms with van der Waals surface area (Å²) >= 11 is 0. The monoisotopic (exact) mass is 283 g/mol. The normalized spacial score (nSPS) is 11.7. The van der Waals surface area contributed by atoms with Crippen LogP contribution < -0.4 is 5.32 Å². The zero-order valence-corrected chi connectivity index (χ0v) is 11.3. The van der Waals surface area contributed by atoms with E-state index < -0.39 is 11.7 Å². The Kier molecular flexibility index (Phi) is 4.01. The Morgan fingerprint density at radius 3 is 2.70 bits per heavy atom. The molecule has 0 saturated heterocycles.